The number of rotatable bonds is 3. The fourth-order valence-corrected chi connectivity index (χ4v) is 1.78. The second-order valence-corrected chi connectivity index (χ2v) is 4.73. The monoisotopic (exact) mass is 205 g/mol. The van der Waals surface area contributed by atoms with Crippen LogP contribution in [0.3, 0.4) is 0 Å². The van der Waals surface area contributed by atoms with E-state index in [1.165, 1.54) is 0 Å². The van der Waals surface area contributed by atoms with Gasteiger partial charge in [-0.2, -0.15) is 0 Å². The minimum absolute atomic E-state index is 0.0467. The van der Waals surface area contributed by atoms with Crippen LogP contribution in [0.25, 0.3) is 0 Å². The van der Waals surface area contributed by atoms with Gasteiger partial charge in [-0.05, 0) is 31.8 Å². The van der Waals surface area contributed by atoms with Crippen molar-refractivity contribution in [3.63, 3.8) is 0 Å². The summed E-state index contributed by atoms with van der Waals surface area (Å²) in [4.78, 5) is 2.18. The van der Waals surface area contributed by atoms with Crippen LogP contribution in [-0.4, -0.2) is 30.5 Å². The van der Waals surface area contributed by atoms with Crippen LogP contribution in [0.15, 0.2) is 0 Å². The van der Waals surface area contributed by atoms with Gasteiger partial charge in [0, 0.05) is 19.4 Å². The first-order valence-corrected chi connectivity index (χ1v) is 5.60. The standard InChI is InChI=1S/C11H21F2N/c1-10(2)4-8-14-7-3-5-11(12,13)6-9-14/h10H,3-9H2,1-2H3. The van der Waals surface area contributed by atoms with Crippen molar-refractivity contribution in [3.05, 3.63) is 0 Å². The maximum Gasteiger partial charge on any atom is 0.249 e. The van der Waals surface area contributed by atoms with E-state index < -0.39 is 5.92 Å². The van der Waals surface area contributed by atoms with Gasteiger partial charge in [-0.3, -0.25) is 0 Å². The number of hydrogen-bond acceptors (Lipinski definition) is 1. The van der Waals surface area contributed by atoms with Crippen molar-refractivity contribution in [1.29, 1.82) is 0 Å². The molecule has 0 radical (unpaired) electrons. The number of halogens is 2. The van der Waals surface area contributed by atoms with E-state index in [0.717, 1.165) is 19.5 Å². The van der Waals surface area contributed by atoms with Gasteiger partial charge in [-0.15, -0.1) is 0 Å². The Labute approximate surface area is 85.5 Å². The quantitative estimate of drug-likeness (QED) is 0.684. The molecule has 0 N–H and O–H groups in total. The fourth-order valence-electron chi connectivity index (χ4n) is 1.78. The molecule has 0 spiro atoms. The van der Waals surface area contributed by atoms with Crippen molar-refractivity contribution >= 4 is 0 Å². The molecule has 84 valence electrons. The minimum Gasteiger partial charge on any atom is -0.303 e. The molecule has 1 heterocycles. The lowest BCUT2D eigenvalue weighted by Crippen LogP contribution is -2.27. The van der Waals surface area contributed by atoms with Crippen LogP contribution in [-0.2, 0) is 0 Å². The average molecular weight is 205 g/mol. The van der Waals surface area contributed by atoms with Crippen molar-refractivity contribution in [3.8, 4) is 0 Å². The molecule has 0 aromatic carbocycles. The van der Waals surface area contributed by atoms with Crippen LogP contribution in [0.2, 0.25) is 0 Å². The zero-order valence-electron chi connectivity index (χ0n) is 9.23. The normalized spacial score (nSPS) is 23.8. The van der Waals surface area contributed by atoms with Crippen molar-refractivity contribution < 1.29 is 8.78 Å². The molecule has 0 bridgehead atoms. The molecule has 1 rings (SSSR count). The smallest absolute Gasteiger partial charge is 0.249 e. The van der Waals surface area contributed by atoms with E-state index in [1.807, 2.05) is 0 Å². The number of hydrogen-bond donors (Lipinski definition) is 0. The Morgan fingerprint density at radius 2 is 1.93 bits per heavy atom. The first-order chi connectivity index (χ1) is 6.49. The highest BCUT2D eigenvalue weighted by molar-refractivity contribution is 4.75. The molecule has 0 amide bonds. The summed E-state index contributed by atoms with van der Waals surface area (Å²) < 4.78 is 26.0. The minimum atomic E-state index is -2.41. The van der Waals surface area contributed by atoms with Crippen LogP contribution in [0, 0.1) is 5.92 Å². The molecule has 1 fully saturated rings. The highest BCUT2D eigenvalue weighted by Crippen LogP contribution is 2.27. The predicted octanol–water partition coefficient (Wildman–Crippen LogP) is 3.15. The topological polar surface area (TPSA) is 3.24 Å². The number of likely N-dealkylation sites (tertiary alicyclic amines) is 1. The summed E-state index contributed by atoms with van der Waals surface area (Å²) in [5.74, 6) is -1.74. The Balaban J connectivity index is 2.28. The van der Waals surface area contributed by atoms with E-state index in [4.69, 9.17) is 0 Å². The number of nitrogens with zero attached hydrogens (tertiary/aromatic N) is 1. The largest absolute Gasteiger partial charge is 0.303 e. The van der Waals surface area contributed by atoms with Crippen molar-refractivity contribution in [2.24, 2.45) is 5.92 Å². The molecular weight excluding hydrogens is 184 g/mol. The van der Waals surface area contributed by atoms with E-state index in [9.17, 15) is 8.78 Å². The van der Waals surface area contributed by atoms with E-state index >= 15 is 0 Å². The summed E-state index contributed by atoms with van der Waals surface area (Å²) in [7, 11) is 0. The summed E-state index contributed by atoms with van der Waals surface area (Å²) in [6.07, 6.45) is 1.88. The maximum absolute atomic E-state index is 13.0. The third-order valence-electron chi connectivity index (χ3n) is 2.83. The molecule has 0 aliphatic carbocycles. The van der Waals surface area contributed by atoms with Gasteiger partial charge in [0.25, 0.3) is 0 Å². The molecule has 3 heteroatoms. The molecule has 0 saturated carbocycles. The zero-order valence-corrected chi connectivity index (χ0v) is 9.23. The van der Waals surface area contributed by atoms with Gasteiger partial charge in [0.2, 0.25) is 5.92 Å². The van der Waals surface area contributed by atoms with Gasteiger partial charge in [-0.1, -0.05) is 13.8 Å². The zero-order chi connectivity index (χ0) is 10.6. The second kappa shape index (κ2) is 5.06. The highest BCUT2D eigenvalue weighted by atomic mass is 19.3. The van der Waals surface area contributed by atoms with Gasteiger partial charge in [0.1, 0.15) is 0 Å². The predicted molar refractivity (Wildman–Crippen MR) is 54.7 cm³/mol. The lowest BCUT2D eigenvalue weighted by molar-refractivity contribution is -0.0131. The summed E-state index contributed by atoms with van der Waals surface area (Å²) >= 11 is 0. The Hall–Kier alpha value is -0.180. The third-order valence-corrected chi connectivity index (χ3v) is 2.83. The van der Waals surface area contributed by atoms with E-state index in [-0.39, 0.29) is 12.8 Å². The maximum atomic E-state index is 13.0. The number of alkyl halides is 2. The molecule has 0 unspecified atom stereocenters. The molecule has 1 aliphatic rings. The molecule has 1 saturated heterocycles. The second-order valence-electron chi connectivity index (χ2n) is 4.73. The third kappa shape index (κ3) is 4.36. The van der Waals surface area contributed by atoms with Crippen molar-refractivity contribution in [1.82, 2.24) is 4.90 Å². The summed E-state index contributed by atoms with van der Waals surface area (Å²) in [5, 5.41) is 0. The molecule has 0 aromatic heterocycles. The van der Waals surface area contributed by atoms with Crippen molar-refractivity contribution in [2.75, 3.05) is 19.6 Å². The van der Waals surface area contributed by atoms with Crippen LogP contribution < -0.4 is 0 Å². The van der Waals surface area contributed by atoms with Gasteiger partial charge in [0.05, 0.1) is 0 Å². The Bertz CT molecular complexity index is 169. The Kier molecular flexibility index (Phi) is 4.30. The molecular formula is C11H21F2N. The summed E-state index contributed by atoms with van der Waals surface area (Å²) in [5.41, 5.74) is 0. The van der Waals surface area contributed by atoms with Gasteiger partial charge in [0.15, 0.2) is 0 Å². The fraction of sp³-hybridized carbons (Fsp3) is 1.00. The lowest BCUT2D eigenvalue weighted by Gasteiger charge is -2.20. The van der Waals surface area contributed by atoms with Gasteiger partial charge in [-0.25, -0.2) is 8.78 Å². The van der Waals surface area contributed by atoms with Crippen molar-refractivity contribution in [2.45, 2.75) is 45.5 Å². The van der Waals surface area contributed by atoms with Crippen LogP contribution in [0.1, 0.15) is 39.5 Å². The molecule has 1 nitrogen and oxygen atoms in total. The van der Waals surface area contributed by atoms with Gasteiger partial charge >= 0.3 is 0 Å². The van der Waals surface area contributed by atoms with E-state index in [1.54, 1.807) is 0 Å². The molecule has 14 heavy (non-hydrogen) atoms. The first-order valence-electron chi connectivity index (χ1n) is 5.60. The Morgan fingerprint density at radius 3 is 2.57 bits per heavy atom. The Morgan fingerprint density at radius 1 is 1.21 bits per heavy atom. The SMILES string of the molecule is CC(C)CCN1CCCC(F)(F)CC1. The van der Waals surface area contributed by atoms with Crippen LogP contribution in [0.4, 0.5) is 8.78 Å². The average Bonchev–Trinajstić information content (AvgIpc) is 2.23. The van der Waals surface area contributed by atoms with E-state index in [2.05, 4.69) is 18.7 Å². The van der Waals surface area contributed by atoms with Gasteiger partial charge < -0.3 is 4.90 Å². The van der Waals surface area contributed by atoms with Crippen LogP contribution >= 0.6 is 0 Å². The first kappa shape index (κ1) is 11.9. The van der Waals surface area contributed by atoms with E-state index in [0.29, 0.717) is 18.9 Å². The summed E-state index contributed by atoms with van der Waals surface area (Å²) in [6.45, 7) is 6.74. The molecule has 0 aromatic rings. The summed E-state index contributed by atoms with van der Waals surface area (Å²) in [6, 6.07) is 0. The lowest BCUT2D eigenvalue weighted by atomic mass is 10.1. The molecule has 0 atom stereocenters. The molecule has 1 aliphatic heterocycles. The highest BCUT2D eigenvalue weighted by Gasteiger charge is 2.31. The van der Waals surface area contributed by atoms with Crippen LogP contribution in [0.5, 0.6) is 0 Å².